The molecule has 0 N–H and O–H groups in total. The van der Waals surface area contributed by atoms with Gasteiger partial charge in [0.15, 0.2) is 0 Å². The van der Waals surface area contributed by atoms with Gasteiger partial charge in [0.05, 0.1) is 6.10 Å². The number of hydrogen-bond acceptors (Lipinski definition) is 3. The lowest BCUT2D eigenvalue weighted by molar-refractivity contribution is -0.125. The van der Waals surface area contributed by atoms with Crippen molar-refractivity contribution < 1.29 is 14.3 Å². The average Bonchev–Trinajstić information content (AvgIpc) is 2.17. The lowest BCUT2D eigenvalue weighted by atomic mass is 9.94. The Bertz CT molecular complexity index is 250. The lowest BCUT2D eigenvalue weighted by Gasteiger charge is -2.31. The summed E-state index contributed by atoms with van der Waals surface area (Å²) in [6.45, 7) is 6.64. The van der Waals surface area contributed by atoms with Gasteiger partial charge in [0.1, 0.15) is 5.78 Å². The van der Waals surface area contributed by atoms with Crippen LogP contribution in [0.15, 0.2) is 0 Å². The molecule has 1 amide bonds. The average molecular weight is 213 g/mol. The van der Waals surface area contributed by atoms with Crippen LogP contribution in [0, 0.1) is 5.92 Å². The van der Waals surface area contributed by atoms with Crippen LogP contribution in [-0.4, -0.2) is 36.0 Å². The van der Waals surface area contributed by atoms with Crippen molar-refractivity contribution in [3.8, 4) is 0 Å². The molecule has 0 aliphatic carbocycles. The van der Waals surface area contributed by atoms with Gasteiger partial charge in [-0.2, -0.15) is 0 Å². The van der Waals surface area contributed by atoms with Gasteiger partial charge in [0, 0.05) is 25.4 Å². The zero-order valence-electron chi connectivity index (χ0n) is 9.66. The van der Waals surface area contributed by atoms with Crippen molar-refractivity contribution in [2.45, 2.75) is 39.7 Å². The van der Waals surface area contributed by atoms with Crippen LogP contribution in [-0.2, 0) is 9.53 Å². The lowest BCUT2D eigenvalue weighted by Crippen LogP contribution is -2.44. The van der Waals surface area contributed by atoms with Crippen molar-refractivity contribution in [3.63, 3.8) is 0 Å². The number of carbonyl (C=O) groups is 2. The predicted octanol–water partition coefficient (Wildman–Crippen LogP) is 1.83. The fourth-order valence-electron chi connectivity index (χ4n) is 1.71. The van der Waals surface area contributed by atoms with Crippen LogP contribution in [0.5, 0.6) is 0 Å². The van der Waals surface area contributed by atoms with Gasteiger partial charge >= 0.3 is 6.09 Å². The molecule has 1 unspecified atom stereocenters. The topological polar surface area (TPSA) is 46.6 Å². The molecule has 1 aliphatic rings. The van der Waals surface area contributed by atoms with E-state index in [1.165, 1.54) is 0 Å². The minimum atomic E-state index is -0.295. The molecule has 86 valence electrons. The van der Waals surface area contributed by atoms with Gasteiger partial charge in [-0.3, -0.25) is 4.79 Å². The third-order valence-electron chi connectivity index (χ3n) is 2.61. The Morgan fingerprint density at radius 3 is 2.80 bits per heavy atom. The fraction of sp³-hybridized carbons (Fsp3) is 0.818. The Labute approximate surface area is 90.6 Å². The molecule has 1 rings (SSSR count). The third-order valence-corrected chi connectivity index (χ3v) is 2.61. The molecule has 1 saturated heterocycles. The number of hydrogen-bond donors (Lipinski definition) is 0. The van der Waals surface area contributed by atoms with Crippen LogP contribution < -0.4 is 0 Å². The van der Waals surface area contributed by atoms with E-state index in [9.17, 15) is 9.59 Å². The SMILES string of the molecule is CCC1CN(C(=O)OC(C)C)CCC1=O. The zero-order chi connectivity index (χ0) is 11.4. The maximum absolute atomic E-state index is 11.6. The summed E-state index contributed by atoms with van der Waals surface area (Å²) in [4.78, 5) is 24.6. The molecule has 0 aromatic rings. The highest BCUT2D eigenvalue weighted by molar-refractivity contribution is 5.83. The van der Waals surface area contributed by atoms with Crippen LogP contribution in [0.3, 0.4) is 0 Å². The summed E-state index contributed by atoms with van der Waals surface area (Å²) >= 11 is 0. The highest BCUT2D eigenvalue weighted by Gasteiger charge is 2.29. The van der Waals surface area contributed by atoms with Crippen LogP contribution in [0.1, 0.15) is 33.6 Å². The number of amides is 1. The molecule has 1 fully saturated rings. The third kappa shape index (κ3) is 3.22. The normalized spacial score (nSPS) is 22.0. The number of rotatable bonds is 2. The Balaban J connectivity index is 2.50. The second kappa shape index (κ2) is 5.14. The van der Waals surface area contributed by atoms with E-state index in [4.69, 9.17) is 4.74 Å². The first-order chi connectivity index (χ1) is 7.04. The van der Waals surface area contributed by atoms with Crippen molar-refractivity contribution in [1.29, 1.82) is 0 Å². The van der Waals surface area contributed by atoms with Crippen molar-refractivity contribution in [1.82, 2.24) is 4.90 Å². The second-order valence-corrected chi connectivity index (χ2v) is 4.20. The minimum Gasteiger partial charge on any atom is -0.447 e. The van der Waals surface area contributed by atoms with Crippen molar-refractivity contribution >= 4 is 11.9 Å². The Kier molecular flexibility index (Phi) is 4.12. The van der Waals surface area contributed by atoms with E-state index in [0.29, 0.717) is 19.5 Å². The first-order valence-corrected chi connectivity index (χ1v) is 5.52. The monoisotopic (exact) mass is 213 g/mol. The number of likely N-dealkylation sites (tertiary alicyclic amines) is 1. The number of nitrogens with zero attached hydrogens (tertiary/aromatic N) is 1. The van der Waals surface area contributed by atoms with Crippen LogP contribution >= 0.6 is 0 Å². The Hall–Kier alpha value is -1.06. The Morgan fingerprint density at radius 2 is 2.27 bits per heavy atom. The zero-order valence-corrected chi connectivity index (χ0v) is 9.66. The molecule has 0 radical (unpaired) electrons. The molecule has 15 heavy (non-hydrogen) atoms. The Morgan fingerprint density at radius 1 is 1.60 bits per heavy atom. The summed E-state index contributed by atoms with van der Waals surface area (Å²) in [6, 6.07) is 0. The van der Waals surface area contributed by atoms with Gasteiger partial charge in [0.25, 0.3) is 0 Å². The molecule has 1 atom stereocenters. The molecule has 4 heteroatoms. The standard InChI is InChI=1S/C11H19NO3/c1-4-9-7-12(6-5-10(9)13)11(14)15-8(2)3/h8-9H,4-7H2,1-3H3. The molecular formula is C11H19NO3. The largest absolute Gasteiger partial charge is 0.447 e. The van der Waals surface area contributed by atoms with E-state index in [2.05, 4.69) is 0 Å². The number of piperidine rings is 1. The number of ether oxygens (including phenoxy) is 1. The predicted molar refractivity (Wildman–Crippen MR) is 56.6 cm³/mol. The molecule has 0 aromatic carbocycles. The highest BCUT2D eigenvalue weighted by atomic mass is 16.6. The van der Waals surface area contributed by atoms with Crippen molar-refractivity contribution in [2.75, 3.05) is 13.1 Å². The molecule has 0 bridgehead atoms. The number of ketones is 1. The molecule has 4 nitrogen and oxygen atoms in total. The smallest absolute Gasteiger partial charge is 0.410 e. The van der Waals surface area contributed by atoms with E-state index in [1.54, 1.807) is 4.90 Å². The van der Waals surface area contributed by atoms with E-state index < -0.39 is 0 Å². The van der Waals surface area contributed by atoms with Gasteiger partial charge < -0.3 is 9.64 Å². The fourth-order valence-corrected chi connectivity index (χ4v) is 1.71. The summed E-state index contributed by atoms with van der Waals surface area (Å²) in [6.07, 6.45) is 0.863. The highest BCUT2D eigenvalue weighted by Crippen LogP contribution is 2.16. The molecule has 0 aromatic heterocycles. The molecule has 0 spiro atoms. The summed E-state index contributed by atoms with van der Waals surface area (Å²) in [5.41, 5.74) is 0. The second-order valence-electron chi connectivity index (χ2n) is 4.20. The van der Waals surface area contributed by atoms with Crippen LogP contribution in [0.2, 0.25) is 0 Å². The quantitative estimate of drug-likeness (QED) is 0.703. The number of Topliss-reactive ketones (excluding diaryl/α,β-unsaturated/α-hetero) is 1. The van der Waals surface area contributed by atoms with E-state index in [1.807, 2.05) is 20.8 Å². The van der Waals surface area contributed by atoms with Crippen LogP contribution in [0.25, 0.3) is 0 Å². The van der Waals surface area contributed by atoms with Crippen molar-refractivity contribution in [3.05, 3.63) is 0 Å². The molecule has 1 aliphatic heterocycles. The maximum atomic E-state index is 11.6. The van der Waals surface area contributed by atoms with Gasteiger partial charge in [0.2, 0.25) is 0 Å². The number of carbonyl (C=O) groups excluding carboxylic acids is 2. The van der Waals surface area contributed by atoms with Crippen LogP contribution in [0.4, 0.5) is 4.79 Å². The summed E-state index contributed by atoms with van der Waals surface area (Å²) in [7, 11) is 0. The summed E-state index contributed by atoms with van der Waals surface area (Å²) in [5, 5.41) is 0. The van der Waals surface area contributed by atoms with E-state index in [-0.39, 0.29) is 23.9 Å². The van der Waals surface area contributed by atoms with Gasteiger partial charge in [-0.05, 0) is 20.3 Å². The van der Waals surface area contributed by atoms with E-state index >= 15 is 0 Å². The van der Waals surface area contributed by atoms with Gasteiger partial charge in [-0.25, -0.2) is 4.79 Å². The maximum Gasteiger partial charge on any atom is 0.410 e. The minimum absolute atomic E-state index is 0.00142. The first kappa shape index (κ1) is 12.0. The van der Waals surface area contributed by atoms with E-state index in [0.717, 1.165) is 6.42 Å². The molecule has 0 saturated carbocycles. The molecular weight excluding hydrogens is 194 g/mol. The summed E-state index contributed by atoms with van der Waals surface area (Å²) in [5.74, 6) is 0.268. The van der Waals surface area contributed by atoms with Gasteiger partial charge in [-0.15, -0.1) is 0 Å². The first-order valence-electron chi connectivity index (χ1n) is 5.52. The van der Waals surface area contributed by atoms with Gasteiger partial charge in [-0.1, -0.05) is 6.92 Å². The van der Waals surface area contributed by atoms with Crippen molar-refractivity contribution in [2.24, 2.45) is 5.92 Å². The summed E-state index contributed by atoms with van der Waals surface area (Å²) < 4.78 is 5.09. The molecule has 1 heterocycles.